The Kier molecular flexibility index (Phi) is 2.25. The average molecular weight is 196 g/mol. The third kappa shape index (κ3) is 1.55. The van der Waals surface area contributed by atoms with Gasteiger partial charge >= 0.3 is 0 Å². The second kappa shape index (κ2) is 3.40. The fourth-order valence-corrected chi connectivity index (χ4v) is 1.71. The molecule has 0 atom stereocenters. The molecule has 0 spiro atoms. The molecule has 0 radical (unpaired) electrons. The first-order chi connectivity index (χ1) is 6.31. The Bertz CT molecular complexity index is 422. The van der Waals surface area contributed by atoms with Gasteiger partial charge < -0.3 is 10.2 Å². The Morgan fingerprint density at radius 2 is 2.23 bits per heavy atom. The van der Waals surface area contributed by atoms with Gasteiger partial charge in [-0.15, -0.1) is 0 Å². The minimum absolute atomic E-state index is 0.607. The molecule has 0 fully saturated rings. The summed E-state index contributed by atoms with van der Waals surface area (Å²) in [6.07, 6.45) is 2.46. The summed E-state index contributed by atoms with van der Waals surface area (Å²) >= 11 is 5.93. The van der Waals surface area contributed by atoms with Crippen molar-refractivity contribution in [3.63, 3.8) is 0 Å². The van der Waals surface area contributed by atoms with Gasteiger partial charge in [0.15, 0.2) is 0 Å². The lowest BCUT2D eigenvalue weighted by Crippen LogP contribution is -2.02. The van der Waals surface area contributed by atoms with Crippen molar-refractivity contribution in [1.29, 1.82) is 0 Å². The molecule has 0 bridgehead atoms. The van der Waals surface area contributed by atoms with Crippen molar-refractivity contribution in [3.8, 4) is 0 Å². The highest BCUT2D eigenvalue weighted by Gasteiger charge is 2.04. The van der Waals surface area contributed by atoms with Crippen LogP contribution in [0.15, 0.2) is 28.9 Å². The number of rotatable bonds is 2. The molecule has 13 heavy (non-hydrogen) atoms. The summed E-state index contributed by atoms with van der Waals surface area (Å²) in [7, 11) is 0. The quantitative estimate of drug-likeness (QED) is 0.800. The zero-order chi connectivity index (χ0) is 9.26. The number of halogens is 1. The smallest absolute Gasteiger partial charge is 0.137 e. The Balaban J connectivity index is 2.63. The molecule has 68 valence electrons. The molecular weight excluding hydrogens is 186 g/mol. The van der Waals surface area contributed by atoms with E-state index in [1.54, 1.807) is 6.26 Å². The molecule has 1 aromatic heterocycles. The van der Waals surface area contributed by atoms with Crippen LogP contribution in [0.1, 0.15) is 5.56 Å². The number of nitrogens with two attached hydrogens (primary N) is 1. The first kappa shape index (κ1) is 8.60. The van der Waals surface area contributed by atoms with E-state index < -0.39 is 0 Å². The van der Waals surface area contributed by atoms with E-state index in [9.17, 15) is 0 Å². The molecule has 2 N–H and O–H groups in total. The van der Waals surface area contributed by atoms with Crippen LogP contribution in [0.4, 0.5) is 0 Å². The topological polar surface area (TPSA) is 39.2 Å². The maximum absolute atomic E-state index is 5.93. The fourth-order valence-electron chi connectivity index (χ4n) is 1.46. The molecule has 0 amide bonds. The van der Waals surface area contributed by atoms with Crippen LogP contribution < -0.4 is 5.73 Å². The normalized spacial score (nSPS) is 10.9. The van der Waals surface area contributed by atoms with Gasteiger partial charge in [-0.05, 0) is 36.7 Å². The number of hydrogen-bond donors (Lipinski definition) is 1. The first-order valence-corrected chi connectivity index (χ1v) is 4.55. The van der Waals surface area contributed by atoms with Crippen LogP contribution in [0, 0.1) is 0 Å². The summed E-state index contributed by atoms with van der Waals surface area (Å²) in [5.74, 6) is 0. The molecular formula is C10H10ClNO. The second-order valence-corrected chi connectivity index (χ2v) is 3.38. The van der Waals surface area contributed by atoms with Gasteiger partial charge in [0.1, 0.15) is 5.58 Å². The van der Waals surface area contributed by atoms with E-state index in [2.05, 4.69) is 0 Å². The van der Waals surface area contributed by atoms with E-state index in [4.69, 9.17) is 21.8 Å². The Labute approximate surface area is 81.3 Å². The van der Waals surface area contributed by atoms with Gasteiger partial charge in [0.25, 0.3) is 0 Å². The number of hydrogen-bond acceptors (Lipinski definition) is 2. The van der Waals surface area contributed by atoms with Crippen LogP contribution in [0.5, 0.6) is 0 Å². The van der Waals surface area contributed by atoms with Gasteiger partial charge in [0, 0.05) is 10.4 Å². The Hall–Kier alpha value is -0.990. The number of fused-ring (bicyclic) bond motifs is 1. The first-order valence-electron chi connectivity index (χ1n) is 4.17. The van der Waals surface area contributed by atoms with E-state index >= 15 is 0 Å². The van der Waals surface area contributed by atoms with Gasteiger partial charge in [0.2, 0.25) is 0 Å². The average Bonchev–Trinajstić information content (AvgIpc) is 2.52. The fraction of sp³-hybridized carbons (Fsp3) is 0.200. The Morgan fingerprint density at radius 1 is 1.38 bits per heavy atom. The van der Waals surface area contributed by atoms with Gasteiger partial charge in [-0.3, -0.25) is 0 Å². The minimum atomic E-state index is 0.607. The highest BCUT2D eigenvalue weighted by atomic mass is 35.5. The van der Waals surface area contributed by atoms with Crippen molar-refractivity contribution in [1.82, 2.24) is 0 Å². The second-order valence-electron chi connectivity index (χ2n) is 2.94. The van der Waals surface area contributed by atoms with E-state index in [0.29, 0.717) is 6.54 Å². The predicted octanol–water partition coefficient (Wildman–Crippen LogP) is 2.59. The van der Waals surface area contributed by atoms with Crippen molar-refractivity contribution in [2.24, 2.45) is 5.73 Å². The van der Waals surface area contributed by atoms with Gasteiger partial charge in [-0.25, -0.2) is 0 Å². The van der Waals surface area contributed by atoms with Crippen molar-refractivity contribution >= 4 is 22.6 Å². The van der Waals surface area contributed by atoms with E-state index in [-0.39, 0.29) is 0 Å². The molecule has 0 aliphatic carbocycles. The standard InChI is InChI=1S/C10H10ClNO/c11-9-5-7(1-3-12)10-8(6-9)2-4-13-10/h2,4-6H,1,3,12H2. The third-order valence-corrected chi connectivity index (χ3v) is 2.22. The molecule has 2 nitrogen and oxygen atoms in total. The lowest BCUT2D eigenvalue weighted by molar-refractivity contribution is 0.611. The van der Waals surface area contributed by atoms with Gasteiger partial charge in [-0.2, -0.15) is 0 Å². The predicted molar refractivity (Wildman–Crippen MR) is 54.0 cm³/mol. The zero-order valence-corrected chi connectivity index (χ0v) is 7.84. The van der Waals surface area contributed by atoms with Crippen molar-refractivity contribution in [2.75, 3.05) is 6.54 Å². The van der Waals surface area contributed by atoms with Crippen LogP contribution in [0.3, 0.4) is 0 Å². The lowest BCUT2D eigenvalue weighted by atomic mass is 10.1. The molecule has 0 saturated carbocycles. The molecule has 0 aliphatic heterocycles. The van der Waals surface area contributed by atoms with Crippen LogP contribution in [0.25, 0.3) is 11.0 Å². The lowest BCUT2D eigenvalue weighted by Gasteiger charge is -2.00. The summed E-state index contributed by atoms with van der Waals surface area (Å²) in [4.78, 5) is 0. The van der Waals surface area contributed by atoms with Gasteiger partial charge in [0.05, 0.1) is 6.26 Å². The summed E-state index contributed by atoms with van der Waals surface area (Å²) < 4.78 is 5.34. The van der Waals surface area contributed by atoms with E-state index in [1.807, 2.05) is 18.2 Å². The van der Waals surface area contributed by atoms with Crippen LogP contribution in [-0.4, -0.2) is 6.54 Å². The summed E-state index contributed by atoms with van der Waals surface area (Å²) in [5, 5.41) is 1.77. The van der Waals surface area contributed by atoms with Crippen LogP contribution >= 0.6 is 11.6 Å². The molecule has 0 aliphatic rings. The van der Waals surface area contributed by atoms with Crippen molar-refractivity contribution in [2.45, 2.75) is 6.42 Å². The van der Waals surface area contributed by atoms with Crippen LogP contribution in [0.2, 0.25) is 5.02 Å². The number of furan rings is 1. The summed E-state index contributed by atoms with van der Waals surface area (Å²) in [6.45, 7) is 0.607. The molecule has 1 heterocycles. The molecule has 2 aromatic rings. The van der Waals surface area contributed by atoms with Gasteiger partial charge in [-0.1, -0.05) is 11.6 Å². The molecule has 0 saturated heterocycles. The maximum atomic E-state index is 5.93. The molecule has 0 unspecified atom stereocenters. The third-order valence-electron chi connectivity index (χ3n) is 2.01. The SMILES string of the molecule is NCCc1cc(Cl)cc2ccoc12. The van der Waals surface area contributed by atoms with E-state index in [0.717, 1.165) is 28.0 Å². The minimum Gasteiger partial charge on any atom is -0.464 e. The largest absolute Gasteiger partial charge is 0.464 e. The zero-order valence-electron chi connectivity index (χ0n) is 7.09. The highest BCUT2D eigenvalue weighted by molar-refractivity contribution is 6.31. The molecule has 1 aromatic carbocycles. The number of benzene rings is 1. The monoisotopic (exact) mass is 195 g/mol. The Morgan fingerprint density at radius 3 is 3.00 bits per heavy atom. The highest BCUT2D eigenvalue weighted by Crippen LogP contribution is 2.24. The van der Waals surface area contributed by atoms with E-state index in [1.165, 1.54) is 0 Å². The van der Waals surface area contributed by atoms with Crippen molar-refractivity contribution < 1.29 is 4.42 Å². The maximum Gasteiger partial charge on any atom is 0.137 e. The van der Waals surface area contributed by atoms with Crippen LogP contribution in [-0.2, 0) is 6.42 Å². The summed E-state index contributed by atoms with van der Waals surface area (Å²) in [5.41, 5.74) is 7.46. The molecule has 2 rings (SSSR count). The van der Waals surface area contributed by atoms with Crippen molar-refractivity contribution in [3.05, 3.63) is 35.0 Å². The molecule has 3 heteroatoms. The summed E-state index contributed by atoms with van der Waals surface area (Å²) in [6, 6.07) is 5.70.